The SMILES string of the molecule is Brc1ccccc1.CCC(c1cnc[nH]1)n1cc(-c2cccc3ccccc23)c([N+](=O)[O-])c1. The fourth-order valence-corrected chi connectivity index (χ4v) is 4.22. The van der Waals surface area contributed by atoms with E-state index < -0.39 is 0 Å². The van der Waals surface area contributed by atoms with Gasteiger partial charge in [0.15, 0.2) is 0 Å². The van der Waals surface area contributed by atoms with Gasteiger partial charge < -0.3 is 9.55 Å². The first-order chi connectivity index (χ1) is 16.1. The number of nitro groups is 1. The monoisotopic (exact) mass is 502 g/mol. The van der Waals surface area contributed by atoms with Gasteiger partial charge in [-0.1, -0.05) is 83.5 Å². The summed E-state index contributed by atoms with van der Waals surface area (Å²) in [6.07, 6.45) is 7.67. The largest absolute Gasteiger partial charge is 0.347 e. The molecule has 0 amide bonds. The van der Waals surface area contributed by atoms with Crippen LogP contribution in [0, 0.1) is 10.1 Å². The van der Waals surface area contributed by atoms with Gasteiger partial charge in [0.1, 0.15) is 0 Å². The van der Waals surface area contributed by atoms with Gasteiger partial charge in [0.25, 0.3) is 5.69 Å². The second-order valence-electron chi connectivity index (χ2n) is 7.51. The van der Waals surface area contributed by atoms with Crippen molar-refractivity contribution in [1.82, 2.24) is 14.5 Å². The molecular weight excluding hydrogens is 480 g/mol. The molecule has 2 heterocycles. The molecule has 1 N–H and O–H groups in total. The van der Waals surface area contributed by atoms with E-state index in [0.29, 0.717) is 5.56 Å². The van der Waals surface area contributed by atoms with Crippen LogP contribution in [0.2, 0.25) is 0 Å². The number of halogens is 1. The number of hydrogen-bond acceptors (Lipinski definition) is 3. The molecule has 5 aromatic rings. The summed E-state index contributed by atoms with van der Waals surface area (Å²) < 4.78 is 3.04. The number of fused-ring (bicyclic) bond motifs is 1. The molecule has 1 atom stereocenters. The zero-order valence-corrected chi connectivity index (χ0v) is 19.6. The van der Waals surface area contributed by atoms with Gasteiger partial charge in [-0.25, -0.2) is 4.98 Å². The lowest BCUT2D eigenvalue weighted by Crippen LogP contribution is -2.07. The summed E-state index contributed by atoms with van der Waals surface area (Å²) >= 11 is 3.31. The van der Waals surface area contributed by atoms with E-state index in [1.54, 1.807) is 18.7 Å². The van der Waals surface area contributed by atoms with Crippen LogP contribution in [0.3, 0.4) is 0 Å². The Labute approximate surface area is 200 Å². The first-order valence-corrected chi connectivity index (χ1v) is 11.4. The van der Waals surface area contributed by atoms with Gasteiger partial charge in [0, 0.05) is 10.7 Å². The second kappa shape index (κ2) is 10.3. The minimum Gasteiger partial charge on any atom is -0.347 e. The van der Waals surface area contributed by atoms with E-state index >= 15 is 0 Å². The van der Waals surface area contributed by atoms with Crippen LogP contribution in [0.15, 0.2) is 102 Å². The molecule has 0 aliphatic rings. The Morgan fingerprint density at radius 3 is 2.36 bits per heavy atom. The van der Waals surface area contributed by atoms with E-state index in [2.05, 4.69) is 32.8 Å². The average Bonchev–Trinajstić information content (AvgIpc) is 3.51. The summed E-state index contributed by atoms with van der Waals surface area (Å²) in [5, 5.41) is 13.8. The first kappa shape index (κ1) is 22.5. The molecule has 0 fully saturated rings. The minimum absolute atomic E-state index is 0.0278. The van der Waals surface area contributed by atoms with Crippen LogP contribution in [0.1, 0.15) is 25.1 Å². The van der Waals surface area contributed by atoms with E-state index in [9.17, 15) is 10.1 Å². The molecule has 0 saturated carbocycles. The van der Waals surface area contributed by atoms with Gasteiger partial charge in [0.2, 0.25) is 0 Å². The van der Waals surface area contributed by atoms with Crippen molar-refractivity contribution in [3.8, 4) is 11.1 Å². The maximum atomic E-state index is 11.7. The fourth-order valence-electron chi connectivity index (χ4n) is 3.91. The lowest BCUT2D eigenvalue weighted by molar-refractivity contribution is -0.384. The number of hydrogen-bond donors (Lipinski definition) is 1. The number of nitrogens with zero attached hydrogens (tertiary/aromatic N) is 3. The molecule has 2 aromatic heterocycles. The van der Waals surface area contributed by atoms with Crippen molar-refractivity contribution < 1.29 is 4.92 Å². The quantitative estimate of drug-likeness (QED) is 0.201. The average molecular weight is 503 g/mol. The number of aromatic amines is 1. The first-order valence-electron chi connectivity index (χ1n) is 10.6. The van der Waals surface area contributed by atoms with Crippen molar-refractivity contribution in [1.29, 1.82) is 0 Å². The molecule has 0 spiro atoms. The molecule has 166 valence electrons. The highest BCUT2D eigenvalue weighted by Crippen LogP contribution is 2.37. The van der Waals surface area contributed by atoms with Crippen LogP contribution in [0.4, 0.5) is 5.69 Å². The summed E-state index contributed by atoms with van der Waals surface area (Å²) in [4.78, 5) is 18.6. The van der Waals surface area contributed by atoms with Gasteiger partial charge in [-0.3, -0.25) is 10.1 Å². The number of benzene rings is 3. The zero-order chi connectivity index (χ0) is 23.2. The molecule has 0 aliphatic heterocycles. The van der Waals surface area contributed by atoms with E-state index in [1.165, 1.54) is 0 Å². The lowest BCUT2D eigenvalue weighted by Gasteiger charge is -2.14. The van der Waals surface area contributed by atoms with Crippen molar-refractivity contribution in [3.05, 3.63) is 118 Å². The molecule has 0 bridgehead atoms. The van der Waals surface area contributed by atoms with Crippen molar-refractivity contribution >= 4 is 32.4 Å². The number of rotatable bonds is 5. The molecular formula is C26H23BrN4O2. The van der Waals surface area contributed by atoms with Crippen molar-refractivity contribution in [2.75, 3.05) is 0 Å². The van der Waals surface area contributed by atoms with Crippen LogP contribution >= 0.6 is 15.9 Å². The molecule has 1 unspecified atom stereocenters. The summed E-state index contributed by atoms with van der Waals surface area (Å²) in [6, 6.07) is 23.8. The van der Waals surface area contributed by atoms with E-state index in [0.717, 1.165) is 32.9 Å². The van der Waals surface area contributed by atoms with Crippen molar-refractivity contribution in [2.24, 2.45) is 0 Å². The van der Waals surface area contributed by atoms with Gasteiger partial charge in [0.05, 0.1) is 40.9 Å². The molecule has 33 heavy (non-hydrogen) atoms. The lowest BCUT2D eigenvalue weighted by atomic mass is 9.99. The second-order valence-corrected chi connectivity index (χ2v) is 8.43. The Bertz CT molecular complexity index is 1340. The summed E-state index contributed by atoms with van der Waals surface area (Å²) in [6.45, 7) is 2.05. The molecule has 0 radical (unpaired) electrons. The Morgan fingerprint density at radius 2 is 1.73 bits per heavy atom. The Hall–Kier alpha value is -3.71. The van der Waals surface area contributed by atoms with Gasteiger partial charge in [-0.15, -0.1) is 0 Å². The molecule has 3 aromatic carbocycles. The van der Waals surface area contributed by atoms with Crippen LogP contribution < -0.4 is 0 Å². The highest BCUT2D eigenvalue weighted by molar-refractivity contribution is 9.10. The van der Waals surface area contributed by atoms with Crippen LogP contribution in [-0.4, -0.2) is 19.5 Å². The number of H-pyrrole nitrogens is 1. The predicted molar refractivity (Wildman–Crippen MR) is 135 cm³/mol. The third-order valence-corrected chi connectivity index (χ3v) is 5.99. The molecule has 0 saturated heterocycles. The Kier molecular flexibility index (Phi) is 7.00. The Morgan fingerprint density at radius 1 is 1.00 bits per heavy atom. The zero-order valence-electron chi connectivity index (χ0n) is 18.1. The van der Waals surface area contributed by atoms with Crippen molar-refractivity contribution in [2.45, 2.75) is 19.4 Å². The molecule has 0 aliphatic carbocycles. The predicted octanol–water partition coefficient (Wildman–Crippen LogP) is 7.39. The highest BCUT2D eigenvalue weighted by atomic mass is 79.9. The third-order valence-electron chi connectivity index (χ3n) is 5.46. The van der Waals surface area contributed by atoms with Crippen LogP contribution in [0.5, 0.6) is 0 Å². The molecule has 5 rings (SSSR count). The third kappa shape index (κ3) is 5.04. The van der Waals surface area contributed by atoms with Gasteiger partial charge in [-0.05, 0) is 34.9 Å². The van der Waals surface area contributed by atoms with Gasteiger partial charge in [-0.2, -0.15) is 0 Å². The van der Waals surface area contributed by atoms with Crippen molar-refractivity contribution in [3.63, 3.8) is 0 Å². The maximum absolute atomic E-state index is 11.7. The van der Waals surface area contributed by atoms with Crippen LogP contribution in [0.25, 0.3) is 21.9 Å². The van der Waals surface area contributed by atoms with Gasteiger partial charge >= 0.3 is 0 Å². The molecule has 7 heteroatoms. The van der Waals surface area contributed by atoms with E-state index in [4.69, 9.17) is 0 Å². The number of aromatic nitrogens is 3. The Balaban J connectivity index is 0.000000318. The number of imidazole rings is 1. The maximum Gasteiger partial charge on any atom is 0.294 e. The number of nitrogens with one attached hydrogen (secondary N) is 1. The fraction of sp³-hybridized carbons (Fsp3) is 0.115. The van der Waals surface area contributed by atoms with E-state index in [-0.39, 0.29) is 16.7 Å². The van der Waals surface area contributed by atoms with E-state index in [1.807, 2.05) is 83.6 Å². The molecule has 6 nitrogen and oxygen atoms in total. The topological polar surface area (TPSA) is 76.8 Å². The van der Waals surface area contributed by atoms with Crippen LogP contribution in [-0.2, 0) is 0 Å². The summed E-state index contributed by atoms with van der Waals surface area (Å²) in [7, 11) is 0. The summed E-state index contributed by atoms with van der Waals surface area (Å²) in [5.41, 5.74) is 2.54. The standard InChI is InChI=1S/C20H18N4O2.C6H5Br/c1-2-19(18-10-21-13-22-18)23-11-17(20(12-23)24(25)26)16-9-5-7-14-6-3-4-8-15(14)16;7-6-4-2-1-3-5-6/h3-13,19H,2H2,1H3,(H,21,22);1-5H. The highest BCUT2D eigenvalue weighted by Gasteiger charge is 2.24. The minimum atomic E-state index is -0.312. The smallest absolute Gasteiger partial charge is 0.294 e. The summed E-state index contributed by atoms with van der Waals surface area (Å²) in [5.74, 6) is 0. The normalized spacial score (nSPS) is 11.6.